The lowest BCUT2D eigenvalue weighted by molar-refractivity contribution is 0.645. The molecule has 1 heteroatoms. The highest BCUT2D eigenvalue weighted by Gasteiger charge is 2.00. The summed E-state index contributed by atoms with van der Waals surface area (Å²) in [4.78, 5) is 0. The Hall–Kier alpha value is -0.770. The zero-order chi connectivity index (χ0) is 8.85. The van der Waals surface area contributed by atoms with Crippen LogP contribution in [0, 0.1) is 23.2 Å². The Kier molecular flexibility index (Phi) is 4.61. The van der Waals surface area contributed by atoms with Crippen molar-refractivity contribution in [2.45, 2.75) is 34.1 Å². The molecule has 0 bridgehead atoms. The van der Waals surface area contributed by atoms with Gasteiger partial charge in [0.1, 0.15) is 0 Å². The van der Waals surface area contributed by atoms with Crippen LogP contribution in [0.5, 0.6) is 0 Å². The highest BCUT2D eigenvalue weighted by Crippen LogP contribution is 2.11. The lowest BCUT2D eigenvalue weighted by atomic mass is 10.0. The quantitative estimate of drug-likeness (QED) is 0.568. The molecule has 0 aromatic rings. The first-order chi connectivity index (χ1) is 5.06. The van der Waals surface area contributed by atoms with Crippen LogP contribution in [0.25, 0.3) is 0 Å². The van der Waals surface area contributed by atoms with Crippen molar-refractivity contribution in [2.24, 2.45) is 11.8 Å². The summed E-state index contributed by atoms with van der Waals surface area (Å²) in [5.74, 6) is 1.07. The van der Waals surface area contributed by atoms with E-state index in [1.807, 2.05) is 6.08 Å². The predicted molar refractivity (Wildman–Crippen MR) is 48.0 cm³/mol. The Labute approximate surface area is 69.7 Å². The van der Waals surface area contributed by atoms with E-state index in [4.69, 9.17) is 5.26 Å². The minimum absolute atomic E-state index is 0.489. The number of allylic oxidation sites excluding steroid dienone is 2. The third kappa shape index (κ3) is 5.66. The number of rotatable bonds is 3. The molecule has 11 heavy (non-hydrogen) atoms. The van der Waals surface area contributed by atoms with Crippen LogP contribution in [0.2, 0.25) is 0 Å². The molecule has 0 aliphatic carbocycles. The summed E-state index contributed by atoms with van der Waals surface area (Å²) in [6, 6.07) is 2.23. The van der Waals surface area contributed by atoms with Crippen LogP contribution in [-0.2, 0) is 0 Å². The summed E-state index contributed by atoms with van der Waals surface area (Å²) in [5, 5.41) is 8.71. The van der Waals surface area contributed by atoms with E-state index in [1.54, 1.807) is 0 Å². The first-order valence-electron chi connectivity index (χ1n) is 4.17. The summed E-state index contributed by atoms with van der Waals surface area (Å²) < 4.78 is 0. The van der Waals surface area contributed by atoms with Gasteiger partial charge in [0.05, 0.1) is 6.07 Å². The molecule has 0 saturated carbocycles. The van der Waals surface area contributed by atoms with Crippen LogP contribution in [-0.4, -0.2) is 0 Å². The molecule has 0 rings (SSSR count). The molecule has 0 aromatic carbocycles. The number of hydrogen-bond acceptors (Lipinski definition) is 1. The zero-order valence-corrected chi connectivity index (χ0v) is 7.89. The van der Waals surface area contributed by atoms with E-state index >= 15 is 0 Å². The number of nitrogens with zero attached hydrogens (tertiary/aromatic N) is 1. The van der Waals surface area contributed by atoms with Crippen LogP contribution in [0.1, 0.15) is 34.1 Å². The van der Waals surface area contributed by atoms with E-state index in [0.29, 0.717) is 11.8 Å². The van der Waals surface area contributed by atoms with Gasteiger partial charge in [0.25, 0.3) is 0 Å². The van der Waals surface area contributed by atoms with E-state index in [-0.39, 0.29) is 0 Å². The first-order valence-corrected chi connectivity index (χ1v) is 4.17. The fourth-order valence-corrected chi connectivity index (χ4v) is 0.993. The molecule has 0 aliphatic rings. The van der Waals surface area contributed by atoms with Crippen molar-refractivity contribution in [3.05, 3.63) is 11.6 Å². The molecular formula is C10H17N. The van der Waals surface area contributed by atoms with Gasteiger partial charge in [0.2, 0.25) is 0 Å². The maximum atomic E-state index is 8.71. The second kappa shape index (κ2) is 4.96. The lowest BCUT2D eigenvalue weighted by Gasteiger charge is -2.03. The fourth-order valence-electron chi connectivity index (χ4n) is 0.993. The smallest absolute Gasteiger partial charge is 0.0943 e. The average Bonchev–Trinajstić information content (AvgIpc) is 1.84. The molecule has 0 aliphatic heterocycles. The molecule has 62 valence electrons. The van der Waals surface area contributed by atoms with Crippen molar-refractivity contribution in [3.63, 3.8) is 0 Å². The molecule has 0 N–H and O–H groups in total. The van der Waals surface area contributed by atoms with E-state index in [9.17, 15) is 0 Å². The second-order valence-electron chi connectivity index (χ2n) is 3.65. The largest absolute Gasteiger partial charge is 0.193 e. The minimum Gasteiger partial charge on any atom is -0.193 e. The number of nitriles is 1. The molecule has 0 radical (unpaired) electrons. The monoisotopic (exact) mass is 151 g/mol. The van der Waals surface area contributed by atoms with E-state index in [1.165, 1.54) is 0 Å². The molecule has 1 nitrogen and oxygen atoms in total. The third-order valence-electron chi connectivity index (χ3n) is 1.31. The van der Waals surface area contributed by atoms with Gasteiger partial charge in [-0.15, -0.1) is 0 Å². The van der Waals surface area contributed by atoms with Gasteiger partial charge in [0.15, 0.2) is 0 Å². The molecule has 0 heterocycles. The Morgan fingerprint density at radius 2 is 1.91 bits per heavy atom. The standard InChI is InChI=1S/C10H17N/c1-8(2)5-10(7-11)6-9(3)4/h5,8-9H,6H2,1-4H3/b10-5+. The summed E-state index contributed by atoms with van der Waals surface area (Å²) >= 11 is 0. The van der Waals surface area contributed by atoms with Crippen LogP contribution in [0.15, 0.2) is 11.6 Å². The SMILES string of the molecule is CC(C)/C=C(/C#N)CC(C)C. The molecule has 0 atom stereocenters. The van der Waals surface area contributed by atoms with Crippen LogP contribution in [0.4, 0.5) is 0 Å². The van der Waals surface area contributed by atoms with E-state index < -0.39 is 0 Å². The predicted octanol–water partition coefficient (Wildman–Crippen LogP) is 3.14. The Balaban J connectivity index is 4.09. The van der Waals surface area contributed by atoms with Crippen molar-refractivity contribution in [1.29, 1.82) is 5.26 Å². The molecule has 0 saturated heterocycles. The molecule has 0 unspecified atom stereocenters. The molecule has 0 aromatic heterocycles. The van der Waals surface area contributed by atoms with Crippen molar-refractivity contribution in [3.8, 4) is 6.07 Å². The van der Waals surface area contributed by atoms with Crippen molar-refractivity contribution >= 4 is 0 Å². The Morgan fingerprint density at radius 3 is 2.18 bits per heavy atom. The highest BCUT2D eigenvalue weighted by atomic mass is 14.2. The summed E-state index contributed by atoms with van der Waals surface area (Å²) in [7, 11) is 0. The van der Waals surface area contributed by atoms with Crippen LogP contribution in [0.3, 0.4) is 0 Å². The van der Waals surface area contributed by atoms with Gasteiger partial charge in [-0.25, -0.2) is 0 Å². The van der Waals surface area contributed by atoms with Gasteiger partial charge in [-0.2, -0.15) is 5.26 Å². The fraction of sp³-hybridized carbons (Fsp3) is 0.700. The van der Waals surface area contributed by atoms with Crippen molar-refractivity contribution in [1.82, 2.24) is 0 Å². The number of hydrogen-bond donors (Lipinski definition) is 0. The third-order valence-corrected chi connectivity index (χ3v) is 1.31. The van der Waals surface area contributed by atoms with Gasteiger partial charge < -0.3 is 0 Å². The van der Waals surface area contributed by atoms with Gasteiger partial charge in [-0.3, -0.25) is 0 Å². The van der Waals surface area contributed by atoms with Gasteiger partial charge >= 0.3 is 0 Å². The van der Waals surface area contributed by atoms with E-state index in [0.717, 1.165) is 12.0 Å². The summed E-state index contributed by atoms with van der Waals surface area (Å²) in [6.45, 7) is 8.45. The van der Waals surface area contributed by atoms with E-state index in [2.05, 4.69) is 33.8 Å². The average molecular weight is 151 g/mol. The first kappa shape index (κ1) is 10.2. The summed E-state index contributed by atoms with van der Waals surface area (Å²) in [6.07, 6.45) is 2.95. The highest BCUT2D eigenvalue weighted by molar-refractivity contribution is 5.21. The van der Waals surface area contributed by atoms with Crippen molar-refractivity contribution in [2.75, 3.05) is 0 Å². The van der Waals surface area contributed by atoms with Gasteiger partial charge in [0, 0.05) is 5.57 Å². The second-order valence-corrected chi connectivity index (χ2v) is 3.65. The topological polar surface area (TPSA) is 23.8 Å². The molecule has 0 spiro atoms. The Bertz CT molecular complexity index is 170. The van der Waals surface area contributed by atoms with Crippen molar-refractivity contribution < 1.29 is 0 Å². The van der Waals surface area contributed by atoms with Crippen LogP contribution < -0.4 is 0 Å². The van der Waals surface area contributed by atoms with Gasteiger partial charge in [-0.05, 0) is 18.3 Å². The van der Waals surface area contributed by atoms with Gasteiger partial charge in [-0.1, -0.05) is 33.8 Å². The normalized spacial score (nSPS) is 12.3. The Morgan fingerprint density at radius 1 is 1.36 bits per heavy atom. The minimum atomic E-state index is 0.489. The molecule has 0 amide bonds. The summed E-state index contributed by atoms with van der Waals surface area (Å²) in [5.41, 5.74) is 0.926. The molecular weight excluding hydrogens is 134 g/mol. The molecule has 0 fully saturated rings. The van der Waals surface area contributed by atoms with Crippen LogP contribution >= 0.6 is 0 Å². The zero-order valence-electron chi connectivity index (χ0n) is 7.89. The maximum absolute atomic E-state index is 8.71. The lowest BCUT2D eigenvalue weighted by Crippen LogP contribution is -1.91. The maximum Gasteiger partial charge on any atom is 0.0943 e.